The fraction of sp³-hybridized carbons (Fsp3) is 0.947. The highest BCUT2D eigenvalue weighted by molar-refractivity contribution is 5.87. The number of rotatable bonds is 0. The van der Waals surface area contributed by atoms with Crippen molar-refractivity contribution in [2.45, 2.75) is 77.4 Å². The van der Waals surface area contributed by atoms with Crippen molar-refractivity contribution in [3.8, 4) is 0 Å². The second-order valence-electron chi connectivity index (χ2n) is 9.16. The van der Waals surface area contributed by atoms with Gasteiger partial charge >= 0.3 is 0 Å². The number of ketones is 1. The van der Waals surface area contributed by atoms with Crippen LogP contribution < -0.4 is 0 Å². The average Bonchev–Trinajstić information content (AvgIpc) is 3.18. The quantitative estimate of drug-likeness (QED) is 0.631. The Bertz CT molecular complexity index is 500. The Morgan fingerprint density at radius 1 is 0.952 bits per heavy atom. The van der Waals surface area contributed by atoms with Gasteiger partial charge in [-0.05, 0) is 74.0 Å². The Kier molecular flexibility index (Phi) is 2.45. The number of carbonyl (C=O) groups is 1. The van der Waals surface area contributed by atoms with E-state index in [0.717, 1.165) is 30.6 Å². The van der Waals surface area contributed by atoms with Crippen LogP contribution in [0.4, 0.5) is 0 Å². The lowest BCUT2D eigenvalue weighted by Crippen LogP contribution is -2.54. The normalized spacial score (nSPS) is 61.5. The van der Waals surface area contributed by atoms with Gasteiger partial charge in [-0.3, -0.25) is 4.79 Å². The maximum absolute atomic E-state index is 12.4. The maximum atomic E-state index is 12.4. The third-order valence-electron chi connectivity index (χ3n) is 8.64. The molecule has 5 rings (SSSR count). The standard InChI is InChI=1S/C19H28O2/c1-18-10-8-15-17(21-15)14(18)4-3-11-12-5-6-16(20)19(12,2)9-7-13(11)18/h11-15,17H,3-10H2,1-2H3/t11-,12-,13-,14-,15+,17-,18+,19-/m1/s1. The van der Waals surface area contributed by atoms with Crippen molar-refractivity contribution in [3.05, 3.63) is 0 Å². The summed E-state index contributed by atoms with van der Waals surface area (Å²) in [4.78, 5) is 12.4. The van der Waals surface area contributed by atoms with E-state index in [1.54, 1.807) is 0 Å². The van der Waals surface area contributed by atoms with Crippen LogP contribution in [0.1, 0.15) is 65.2 Å². The van der Waals surface area contributed by atoms with Crippen LogP contribution in [-0.2, 0) is 9.53 Å². The Morgan fingerprint density at radius 3 is 2.67 bits per heavy atom. The highest BCUT2D eigenvalue weighted by Gasteiger charge is 2.64. The summed E-state index contributed by atoms with van der Waals surface area (Å²) in [5.74, 6) is 3.78. The number of hydrogen-bond acceptors (Lipinski definition) is 2. The van der Waals surface area contributed by atoms with E-state index in [-0.39, 0.29) is 5.41 Å². The second-order valence-corrected chi connectivity index (χ2v) is 9.16. The number of Topliss-reactive ketones (excluding diaryl/α,β-unsaturated/α-hetero) is 1. The largest absolute Gasteiger partial charge is 0.369 e. The first-order valence-electron chi connectivity index (χ1n) is 9.23. The molecule has 116 valence electrons. The number of carbonyl (C=O) groups excluding carboxylic acids is 1. The van der Waals surface area contributed by atoms with Crippen LogP contribution in [-0.4, -0.2) is 18.0 Å². The number of hydrogen-bond donors (Lipinski definition) is 0. The van der Waals surface area contributed by atoms with E-state index in [4.69, 9.17) is 4.74 Å². The molecule has 8 atom stereocenters. The van der Waals surface area contributed by atoms with E-state index in [1.807, 2.05) is 0 Å². The van der Waals surface area contributed by atoms with Gasteiger partial charge < -0.3 is 4.74 Å². The first kappa shape index (κ1) is 13.1. The topological polar surface area (TPSA) is 29.6 Å². The van der Waals surface area contributed by atoms with Gasteiger partial charge in [-0.2, -0.15) is 0 Å². The van der Waals surface area contributed by atoms with Crippen LogP contribution in [0.15, 0.2) is 0 Å². The minimum Gasteiger partial charge on any atom is -0.369 e. The van der Waals surface area contributed by atoms with E-state index >= 15 is 0 Å². The van der Waals surface area contributed by atoms with E-state index < -0.39 is 0 Å². The second kappa shape index (κ2) is 3.93. The van der Waals surface area contributed by atoms with Crippen molar-refractivity contribution in [3.63, 3.8) is 0 Å². The SMILES string of the molecule is C[C@@]12CC[C@@H]3O[C@@H]3[C@H]1CC[C@H]1[C@H]2CC[C@@]2(C)C(=O)CC[C@H]12. The van der Waals surface area contributed by atoms with Crippen LogP contribution in [0.3, 0.4) is 0 Å². The zero-order chi connectivity index (χ0) is 14.4. The lowest BCUT2D eigenvalue weighted by molar-refractivity contribution is -0.138. The molecule has 5 aliphatic rings. The first-order valence-corrected chi connectivity index (χ1v) is 9.23. The first-order chi connectivity index (χ1) is 10.0. The van der Waals surface area contributed by atoms with Crippen molar-refractivity contribution >= 4 is 5.78 Å². The van der Waals surface area contributed by atoms with Gasteiger partial charge in [0.15, 0.2) is 0 Å². The smallest absolute Gasteiger partial charge is 0.139 e. The van der Waals surface area contributed by atoms with Crippen LogP contribution in [0.25, 0.3) is 0 Å². The summed E-state index contributed by atoms with van der Waals surface area (Å²) in [6.07, 6.45) is 11.1. The summed E-state index contributed by atoms with van der Waals surface area (Å²) in [5, 5.41) is 0. The van der Waals surface area contributed by atoms with Gasteiger partial charge in [0.05, 0.1) is 12.2 Å². The summed E-state index contributed by atoms with van der Waals surface area (Å²) in [6, 6.07) is 0. The zero-order valence-corrected chi connectivity index (χ0v) is 13.4. The molecule has 5 fully saturated rings. The molecule has 0 amide bonds. The summed E-state index contributed by atoms with van der Waals surface area (Å²) in [7, 11) is 0. The summed E-state index contributed by atoms with van der Waals surface area (Å²) in [6.45, 7) is 4.87. The molecule has 0 spiro atoms. The highest BCUT2D eigenvalue weighted by atomic mass is 16.6. The Morgan fingerprint density at radius 2 is 1.81 bits per heavy atom. The van der Waals surface area contributed by atoms with Crippen molar-refractivity contribution in [2.24, 2.45) is 34.5 Å². The van der Waals surface area contributed by atoms with Gasteiger partial charge in [-0.15, -0.1) is 0 Å². The molecule has 4 saturated carbocycles. The molecule has 1 heterocycles. The van der Waals surface area contributed by atoms with E-state index in [1.165, 1.54) is 38.5 Å². The predicted octanol–water partition coefficient (Wildman–Crippen LogP) is 3.98. The van der Waals surface area contributed by atoms with Crippen molar-refractivity contribution in [1.82, 2.24) is 0 Å². The van der Waals surface area contributed by atoms with Crippen molar-refractivity contribution in [2.75, 3.05) is 0 Å². The molecule has 0 radical (unpaired) electrons. The molecule has 0 unspecified atom stereocenters. The molecule has 0 aromatic heterocycles. The fourth-order valence-electron chi connectivity index (χ4n) is 7.36. The van der Waals surface area contributed by atoms with Gasteiger partial charge in [0.25, 0.3) is 0 Å². The summed E-state index contributed by atoms with van der Waals surface area (Å²) < 4.78 is 5.96. The Labute approximate surface area is 128 Å². The summed E-state index contributed by atoms with van der Waals surface area (Å²) >= 11 is 0. The minimum absolute atomic E-state index is 0.0393. The lowest BCUT2D eigenvalue weighted by Gasteiger charge is -2.58. The highest BCUT2D eigenvalue weighted by Crippen LogP contribution is 2.67. The molecule has 2 heteroatoms. The van der Waals surface area contributed by atoms with Gasteiger partial charge in [0.2, 0.25) is 0 Å². The third-order valence-corrected chi connectivity index (χ3v) is 8.64. The van der Waals surface area contributed by atoms with Gasteiger partial charge in [-0.1, -0.05) is 13.8 Å². The zero-order valence-electron chi connectivity index (χ0n) is 13.4. The maximum Gasteiger partial charge on any atom is 0.139 e. The van der Waals surface area contributed by atoms with Gasteiger partial charge in [0.1, 0.15) is 5.78 Å². The van der Waals surface area contributed by atoms with Gasteiger partial charge in [-0.25, -0.2) is 0 Å². The van der Waals surface area contributed by atoms with Crippen LogP contribution in [0.2, 0.25) is 0 Å². The van der Waals surface area contributed by atoms with Crippen LogP contribution >= 0.6 is 0 Å². The molecule has 1 saturated heterocycles. The Hall–Kier alpha value is -0.370. The summed E-state index contributed by atoms with van der Waals surface area (Å²) in [5.41, 5.74) is 0.547. The molecule has 4 aliphatic carbocycles. The van der Waals surface area contributed by atoms with E-state index in [2.05, 4.69) is 13.8 Å². The molecule has 0 N–H and O–H groups in total. The molecule has 0 bridgehead atoms. The fourth-order valence-corrected chi connectivity index (χ4v) is 7.36. The number of fused-ring (bicyclic) bond motifs is 7. The predicted molar refractivity (Wildman–Crippen MR) is 80.8 cm³/mol. The molecule has 1 aliphatic heterocycles. The molecular weight excluding hydrogens is 260 g/mol. The lowest BCUT2D eigenvalue weighted by atomic mass is 9.45. The molecule has 21 heavy (non-hydrogen) atoms. The average molecular weight is 288 g/mol. The van der Waals surface area contributed by atoms with Crippen LogP contribution in [0.5, 0.6) is 0 Å². The number of epoxide rings is 1. The molecule has 0 aromatic rings. The monoisotopic (exact) mass is 288 g/mol. The van der Waals surface area contributed by atoms with Crippen LogP contribution in [0, 0.1) is 34.5 Å². The van der Waals surface area contributed by atoms with Crippen molar-refractivity contribution < 1.29 is 9.53 Å². The van der Waals surface area contributed by atoms with Crippen molar-refractivity contribution in [1.29, 1.82) is 0 Å². The third kappa shape index (κ3) is 1.51. The Balaban J connectivity index is 1.49. The van der Waals surface area contributed by atoms with E-state index in [9.17, 15) is 4.79 Å². The van der Waals surface area contributed by atoms with E-state index in [0.29, 0.717) is 29.3 Å². The molecular formula is C19H28O2. The molecule has 2 nitrogen and oxygen atoms in total. The minimum atomic E-state index is 0.0393. The molecule has 0 aromatic carbocycles. The number of ether oxygens (including phenoxy) is 1. The van der Waals surface area contributed by atoms with Gasteiger partial charge in [0, 0.05) is 11.8 Å².